The van der Waals surface area contributed by atoms with E-state index in [0.717, 1.165) is 0 Å². The quantitative estimate of drug-likeness (QED) is 0.614. The van der Waals surface area contributed by atoms with Crippen molar-refractivity contribution in [3.05, 3.63) is 6.33 Å². The van der Waals surface area contributed by atoms with Crippen LogP contribution in [0.25, 0.3) is 0 Å². The van der Waals surface area contributed by atoms with Gasteiger partial charge in [-0.2, -0.15) is 0 Å². The fraction of sp³-hybridized carbons (Fsp3) is 0.750. The van der Waals surface area contributed by atoms with Gasteiger partial charge in [0.15, 0.2) is 0 Å². The number of aliphatic hydroxyl groups excluding tert-OH is 1. The number of hydrogen-bond acceptors (Lipinski definition) is 6. The number of aromatic nitrogens is 4. The summed E-state index contributed by atoms with van der Waals surface area (Å²) in [5.41, 5.74) is 0. The van der Waals surface area contributed by atoms with Gasteiger partial charge in [0.25, 0.3) is 0 Å². The minimum Gasteiger partial charge on any atom is -0.389 e. The third kappa shape index (κ3) is 3.91. The van der Waals surface area contributed by atoms with Crippen molar-refractivity contribution in [1.29, 1.82) is 0 Å². The van der Waals surface area contributed by atoms with Gasteiger partial charge < -0.3 is 14.7 Å². The second kappa shape index (κ2) is 6.13. The number of tetrazole rings is 1. The number of methoxy groups -OCH3 is 1. The molecule has 0 bridgehead atoms. The van der Waals surface area contributed by atoms with Gasteiger partial charge in [0.05, 0.1) is 12.7 Å². The highest BCUT2D eigenvalue weighted by molar-refractivity contribution is 5.75. The number of rotatable bonds is 6. The summed E-state index contributed by atoms with van der Waals surface area (Å²) in [6, 6.07) is 0. The van der Waals surface area contributed by atoms with Crippen molar-refractivity contribution in [2.75, 3.05) is 27.3 Å². The Hall–Kier alpha value is -1.54. The van der Waals surface area contributed by atoms with Crippen LogP contribution in [-0.4, -0.2) is 69.5 Å². The molecule has 1 rings (SSSR count). The second-order valence-electron chi connectivity index (χ2n) is 3.39. The summed E-state index contributed by atoms with van der Waals surface area (Å²) in [5.74, 6) is -0.178. The monoisotopic (exact) mass is 229 g/mol. The van der Waals surface area contributed by atoms with Crippen molar-refractivity contribution in [3.8, 4) is 0 Å². The Kier molecular flexibility index (Phi) is 4.80. The van der Waals surface area contributed by atoms with E-state index in [1.807, 2.05) is 0 Å². The van der Waals surface area contributed by atoms with Crippen LogP contribution in [0.5, 0.6) is 0 Å². The van der Waals surface area contributed by atoms with E-state index in [-0.39, 0.29) is 25.6 Å². The molecule has 1 aromatic rings. The van der Waals surface area contributed by atoms with E-state index < -0.39 is 6.10 Å². The zero-order valence-corrected chi connectivity index (χ0v) is 9.28. The molecule has 0 aliphatic carbocycles. The predicted molar refractivity (Wildman–Crippen MR) is 53.3 cm³/mol. The molecule has 0 spiro atoms. The van der Waals surface area contributed by atoms with Crippen LogP contribution in [0, 0.1) is 0 Å². The molecular weight excluding hydrogens is 214 g/mol. The van der Waals surface area contributed by atoms with Gasteiger partial charge in [0, 0.05) is 20.7 Å². The minimum atomic E-state index is -0.687. The van der Waals surface area contributed by atoms with E-state index in [2.05, 4.69) is 15.5 Å². The van der Waals surface area contributed by atoms with E-state index in [4.69, 9.17) is 4.74 Å². The van der Waals surface area contributed by atoms with Gasteiger partial charge in [-0.25, -0.2) is 4.68 Å². The Morgan fingerprint density at radius 2 is 2.44 bits per heavy atom. The Morgan fingerprint density at radius 3 is 3.00 bits per heavy atom. The normalized spacial score (nSPS) is 12.4. The zero-order chi connectivity index (χ0) is 12.0. The van der Waals surface area contributed by atoms with E-state index in [9.17, 15) is 9.90 Å². The molecule has 8 heteroatoms. The van der Waals surface area contributed by atoms with Gasteiger partial charge >= 0.3 is 0 Å². The molecule has 1 heterocycles. The number of likely N-dealkylation sites (N-methyl/N-ethyl adjacent to an activating group) is 1. The molecule has 0 aromatic carbocycles. The van der Waals surface area contributed by atoms with Crippen molar-refractivity contribution in [3.63, 3.8) is 0 Å². The first-order valence-corrected chi connectivity index (χ1v) is 4.75. The van der Waals surface area contributed by atoms with Gasteiger partial charge in [-0.3, -0.25) is 4.79 Å². The van der Waals surface area contributed by atoms with Gasteiger partial charge in [-0.1, -0.05) is 0 Å². The first-order valence-electron chi connectivity index (χ1n) is 4.75. The number of carbonyl (C=O) groups is 1. The van der Waals surface area contributed by atoms with E-state index in [0.29, 0.717) is 0 Å². The topological polar surface area (TPSA) is 93.4 Å². The summed E-state index contributed by atoms with van der Waals surface area (Å²) in [5, 5.41) is 19.8. The molecule has 16 heavy (non-hydrogen) atoms. The third-order valence-electron chi connectivity index (χ3n) is 1.96. The van der Waals surface area contributed by atoms with Gasteiger partial charge in [0.1, 0.15) is 12.9 Å². The average molecular weight is 229 g/mol. The lowest BCUT2D eigenvalue weighted by atomic mass is 10.3. The smallest absolute Gasteiger partial charge is 0.244 e. The molecule has 1 N–H and O–H groups in total. The lowest BCUT2D eigenvalue weighted by Crippen LogP contribution is -2.38. The summed E-state index contributed by atoms with van der Waals surface area (Å²) >= 11 is 0. The summed E-state index contributed by atoms with van der Waals surface area (Å²) < 4.78 is 6.09. The van der Waals surface area contributed by atoms with Crippen molar-refractivity contribution < 1.29 is 14.6 Å². The van der Waals surface area contributed by atoms with Gasteiger partial charge in [-0.15, -0.1) is 5.10 Å². The average Bonchev–Trinajstić information content (AvgIpc) is 2.70. The van der Waals surface area contributed by atoms with Crippen molar-refractivity contribution in [1.82, 2.24) is 25.1 Å². The molecule has 0 saturated heterocycles. The fourth-order valence-electron chi connectivity index (χ4n) is 1.18. The number of amides is 1. The highest BCUT2D eigenvalue weighted by atomic mass is 16.5. The first kappa shape index (κ1) is 12.5. The largest absolute Gasteiger partial charge is 0.389 e. The molecule has 0 fully saturated rings. The minimum absolute atomic E-state index is 0.0587. The molecule has 8 nitrogen and oxygen atoms in total. The van der Waals surface area contributed by atoms with Gasteiger partial charge in [0.2, 0.25) is 5.91 Å². The molecule has 0 radical (unpaired) electrons. The molecule has 1 amide bonds. The number of hydrogen-bond donors (Lipinski definition) is 1. The number of aliphatic hydroxyl groups is 1. The highest BCUT2D eigenvalue weighted by Gasteiger charge is 2.14. The van der Waals surface area contributed by atoms with E-state index in [1.165, 1.54) is 23.0 Å². The molecule has 90 valence electrons. The van der Waals surface area contributed by atoms with Crippen molar-refractivity contribution in [2.45, 2.75) is 12.6 Å². The molecule has 0 aliphatic rings. The van der Waals surface area contributed by atoms with Crippen LogP contribution in [0.2, 0.25) is 0 Å². The Morgan fingerprint density at radius 1 is 1.69 bits per heavy atom. The van der Waals surface area contributed by atoms with Crippen LogP contribution in [-0.2, 0) is 16.1 Å². The van der Waals surface area contributed by atoms with Crippen LogP contribution in [0.15, 0.2) is 6.33 Å². The van der Waals surface area contributed by atoms with Crippen LogP contribution >= 0.6 is 0 Å². The van der Waals surface area contributed by atoms with E-state index >= 15 is 0 Å². The summed E-state index contributed by atoms with van der Waals surface area (Å²) in [6.45, 7) is 0.473. The van der Waals surface area contributed by atoms with Crippen molar-refractivity contribution >= 4 is 5.91 Å². The molecule has 0 saturated carbocycles. The van der Waals surface area contributed by atoms with Crippen LogP contribution in [0.1, 0.15) is 0 Å². The predicted octanol–water partition coefficient (Wildman–Crippen LogP) is -1.86. The molecular formula is C8H15N5O3. The summed E-state index contributed by atoms with van der Waals surface area (Å²) in [6.07, 6.45) is 0.671. The highest BCUT2D eigenvalue weighted by Crippen LogP contribution is 1.93. The van der Waals surface area contributed by atoms with E-state index in [1.54, 1.807) is 7.05 Å². The number of carbonyl (C=O) groups excluding carboxylic acids is 1. The standard InChI is InChI=1S/C8H15N5O3/c1-12(3-7(14)5-16-2)8(15)4-13-6-9-10-11-13/h6-7,14H,3-5H2,1-2H3. The zero-order valence-electron chi connectivity index (χ0n) is 9.28. The molecule has 1 atom stereocenters. The number of nitrogens with zero attached hydrogens (tertiary/aromatic N) is 5. The number of ether oxygens (including phenoxy) is 1. The Balaban J connectivity index is 2.36. The van der Waals surface area contributed by atoms with Crippen LogP contribution in [0.4, 0.5) is 0 Å². The Labute approximate surface area is 92.8 Å². The second-order valence-corrected chi connectivity index (χ2v) is 3.39. The molecule has 1 unspecified atom stereocenters. The fourth-order valence-corrected chi connectivity index (χ4v) is 1.18. The first-order chi connectivity index (χ1) is 7.63. The maximum atomic E-state index is 11.6. The lowest BCUT2D eigenvalue weighted by molar-refractivity contribution is -0.132. The Bertz CT molecular complexity index is 315. The summed E-state index contributed by atoms with van der Waals surface area (Å²) in [7, 11) is 3.09. The van der Waals surface area contributed by atoms with Gasteiger partial charge in [-0.05, 0) is 10.4 Å². The maximum Gasteiger partial charge on any atom is 0.244 e. The molecule has 1 aromatic heterocycles. The SMILES string of the molecule is COCC(O)CN(C)C(=O)Cn1cnnn1. The van der Waals surface area contributed by atoms with Crippen LogP contribution < -0.4 is 0 Å². The summed E-state index contributed by atoms with van der Waals surface area (Å²) in [4.78, 5) is 13.0. The molecule has 0 aliphatic heterocycles. The lowest BCUT2D eigenvalue weighted by Gasteiger charge is -2.20. The third-order valence-corrected chi connectivity index (χ3v) is 1.96. The maximum absolute atomic E-state index is 11.6. The van der Waals surface area contributed by atoms with Crippen molar-refractivity contribution in [2.24, 2.45) is 0 Å². The van der Waals surface area contributed by atoms with Crippen LogP contribution in [0.3, 0.4) is 0 Å².